The average Bonchev–Trinajstić information content (AvgIpc) is 3.12. The lowest BCUT2D eigenvalue weighted by Crippen LogP contribution is -2.45. The molecule has 0 spiro atoms. The van der Waals surface area contributed by atoms with Crippen LogP contribution in [0.15, 0.2) is 53.5 Å². The molecule has 2 N–H and O–H groups in total. The highest BCUT2D eigenvalue weighted by molar-refractivity contribution is 5.98. The third kappa shape index (κ3) is 4.67. The van der Waals surface area contributed by atoms with Gasteiger partial charge in [0.1, 0.15) is 0 Å². The van der Waals surface area contributed by atoms with Gasteiger partial charge in [-0.15, -0.1) is 0 Å². The Labute approximate surface area is 161 Å². The normalized spacial score (nSPS) is 14.6. The van der Waals surface area contributed by atoms with E-state index in [-0.39, 0.29) is 12.5 Å². The Hall–Kier alpha value is -2.82. The molecule has 0 fully saturated rings. The highest BCUT2D eigenvalue weighted by Crippen LogP contribution is 2.27. The zero-order chi connectivity index (χ0) is 19.2. The molecule has 2 aromatic carbocycles. The molecule has 142 valence electrons. The molecule has 1 aliphatic heterocycles. The van der Waals surface area contributed by atoms with Crippen LogP contribution in [0.1, 0.15) is 29.5 Å². The zero-order valence-corrected chi connectivity index (χ0v) is 16.3. The molecular formula is C22H28N4O. The van der Waals surface area contributed by atoms with E-state index in [0.29, 0.717) is 11.9 Å². The lowest BCUT2D eigenvalue weighted by Gasteiger charge is -2.20. The molecule has 1 aliphatic rings. The molecule has 5 heteroatoms. The Kier molecular flexibility index (Phi) is 6.12. The van der Waals surface area contributed by atoms with Crippen LogP contribution in [0.3, 0.4) is 0 Å². The fourth-order valence-electron chi connectivity index (χ4n) is 3.42. The first-order chi connectivity index (χ1) is 13.1. The van der Waals surface area contributed by atoms with Gasteiger partial charge in [0, 0.05) is 25.8 Å². The number of amides is 1. The van der Waals surface area contributed by atoms with Crippen LogP contribution in [0.5, 0.6) is 0 Å². The summed E-state index contributed by atoms with van der Waals surface area (Å²) in [7, 11) is 1.72. The summed E-state index contributed by atoms with van der Waals surface area (Å²) in [5, 5.41) is 6.46. The molecule has 27 heavy (non-hydrogen) atoms. The van der Waals surface area contributed by atoms with Gasteiger partial charge in [-0.05, 0) is 36.5 Å². The third-order valence-electron chi connectivity index (χ3n) is 5.01. The van der Waals surface area contributed by atoms with Gasteiger partial charge in [-0.2, -0.15) is 0 Å². The number of nitrogens with zero attached hydrogens (tertiary/aromatic N) is 2. The Morgan fingerprint density at radius 1 is 1.19 bits per heavy atom. The van der Waals surface area contributed by atoms with E-state index in [9.17, 15) is 4.79 Å². The van der Waals surface area contributed by atoms with Crippen molar-refractivity contribution in [3.63, 3.8) is 0 Å². The lowest BCUT2D eigenvalue weighted by molar-refractivity contribution is -0.117. The Morgan fingerprint density at radius 3 is 2.78 bits per heavy atom. The zero-order valence-electron chi connectivity index (χ0n) is 16.3. The maximum atomic E-state index is 12.6. The number of guanidine groups is 1. The van der Waals surface area contributed by atoms with Gasteiger partial charge in [-0.25, -0.2) is 0 Å². The van der Waals surface area contributed by atoms with Gasteiger partial charge in [0.25, 0.3) is 0 Å². The highest BCUT2D eigenvalue weighted by Gasteiger charge is 2.23. The van der Waals surface area contributed by atoms with Crippen molar-refractivity contribution in [2.45, 2.75) is 26.2 Å². The molecule has 0 bridgehead atoms. The molecular weight excluding hydrogens is 336 g/mol. The SMILES string of the molecule is CN=C(NCC(=O)N1CCc2ccccc21)NCC(C)c1cccc(C)c1. The number of hydrogen-bond acceptors (Lipinski definition) is 2. The van der Waals surface area contributed by atoms with Gasteiger partial charge in [0.2, 0.25) is 5.91 Å². The number of carbonyl (C=O) groups excluding carboxylic acids is 1. The summed E-state index contributed by atoms with van der Waals surface area (Å²) in [5.41, 5.74) is 4.82. The average molecular weight is 364 g/mol. The number of aliphatic imine (C=N–C) groups is 1. The van der Waals surface area contributed by atoms with E-state index in [4.69, 9.17) is 0 Å². The minimum Gasteiger partial charge on any atom is -0.356 e. The second-order valence-electron chi connectivity index (χ2n) is 7.05. The highest BCUT2D eigenvalue weighted by atomic mass is 16.2. The van der Waals surface area contributed by atoms with Crippen molar-refractivity contribution in [1.29, 1.82) is 0 Å². The molecule has 2 aromatic rings. The number of benzene rings is 2. The van der Waals surface area contributed by atoms with Crippen molar-refractivity contribution in [3.05, 3.63) is 65.2 Å². The molecule has 0 aromatic heterocycles. The summed E-state index contributed by atoms with van der Waals surface area (Å²) >= 11 is 0. The number of nitrogens with one attached hydrogen (secondary N) is 2. The standard InChI is InChI=1S/C22H28N4O/c1-16-7-6-9-19(13-16)17(2)14-24-22(23-3)25-15-21(27)26-12-11-18-8-4-5-10-20(18)26/h4-10,13,17H,11-12,14-15H2,1-3H3,(H2,23,24,25). The maximum absolute atomic E-state index is 12.6. The van der Waals surface area contributed by atoms with Crippen molar-refractivity contribution in [3.8, 4) is 0 Å². The second kappa shape index (κ2) is 8.71. The van der Waals surface area contributed by atoms with E-state index >= 15 is 0 Å². The predicted molar refractivity (Wildman–Crippen MR) is 111 cm³/mol. The predicted octanol–water partition coefficient (Wildman–Crippen LogP) is 2.85. The third-order valence-corrected chi connectivity index (χ3v) is 5.01. The molecule has 3 rings (SSSR count). The van der Waals surface area contributed by atoms with Crippen LogP contribution >= 0.6 is 0 Å². The minimum absolute atomic E-state index is 0.0645. The number of hydrogen-bond donors (Lipinski definition) is 2. The fourth-order valence-corrected chi connectivity index (χ4v) is 3.42. The van der Waals surface area contributed by atoms with Crippen LogP contribution in [0.25, 0.3) is 0 Å². The van der Waals surface area contributed by atoms with Gasteiger partial charge >= 0.3 is 0 Å². The van der Waals surface area contributed by atoms with E-state index in [1.165, 1.54) is 16.7 Å². The summed E-state index contributed by atoms with van der Waals surface area (Å²) in [6, 6.07) is 16.6. The number of anilines is 1. The smallest absolute Gasteiger partial charge is 0.246 e. The molecule has 1 unspecified atom stereocenters. The van der Waals surface area contributed by atoms with E-state index in [1.54, 1.807) is 7.05 Å². The summed E-state index contributed by atoms with van der Waals surface area (Å²) in [6.07, 6.45) is 0.920. The maximum Gasteiger partial charge on any atom is 0.246 e. The van der Waals surface area contributed by atoms with Gasteiger partial charge in [-0.3, -0.25) is 9.79 Å². The number of para-hydroxylation sites is 1. The van der Waals surface area contributed by atoms with E-state index < -0.39 is 0 Å². The first-order valence-electron chi connectivity index (χ1n) is 9.48. The summed E-state index contributed by atoms with van der Waals surface area (Å²) < 4.78 is 0. The number of carbonyl (C=O) groups is 1. The van der Waals surface area contributed by atoms with Crippen LogP contribution in [-0.4, -0.2) is 38.5 Å². The number of fused-ring (bicyclic) bond motifs is 1. The van der Waals surface area contributed by atoms with E-state index in [1.807, 2.05) is 23.1 Å². The van der Waals surface area contributed by atoms with Crippen LogP contribution in [0.4, 0.5) is 5.69 Å². The van der Waals surface area contributed by atoms with Crippen molar-refractivity contribution in [1.82, 2.24) is 10.6 Å². The quantitative estimate of drug-likeness (QED) is 0.634. The minimum atomic E-state index is 0.0645. The summed E-state index contributed by atoms with van der Waals surface area (Å²) in [5.74, 6) is 1.06. The van der Waals surface area contributed by atoms with Crippen LogP contribution in [0.2, 0.25) is 0 Å². The monoisotopic (exact) mass is 364 g/mol. The molecule has 1 amide bonds. The Balaban J connectivity index is 1.50. The van der Waals surface area contributed by atoms with E-state index in [0.717, 1.165) is 25.2 Å². The van der Waals surface area contributed by atoms with Crippen LogP contribution in [0, 0.1) is 6.92 Å². The summed E-state index contributed by atoms with van der Waals surface area (Å²) in [6.45, 7) is 6.01. The van der Waals surface area contributed by atoms with E-state index in [2.05, 4.69) is 59.8 Å². The number of rotatable bonds is 5. The fraction of sp³-hybridized carbons (Fsp3) is 0.364. The van der Waals surface area contributed by atoms with Gasteiger partial charge < -0.3 is 15.5 Å². The second-order valence-corrected chi connectivity index (χ2v) is 7.05. The van der Waals surface area contributed by atoms with Crippen LogP contribution in [-0.2, 0) is 11.2 Å². The number of aryl methyl sites for hydroxylation is 1. The van der Waals surface area contributed by atoms with Crippen LogP contribution < -0.4 is 15.5 Å². The van der Waals surface area contributed by atoms with Gasteiger partial charge in [0.15, 0.2) is 5.96 Å². The van der Waals surface area contributed by atoms with Gasteiger partial charge in [-0.1, -0.05) is 55.0 Å². The molecule has 0 saturated carbocycles. The molecule has 0 saturated heterocycles. The Bertz CT molecular complexity index is 831. The van der Waals surface area contributed by atoms with Crippen molar-refractivity contribution < 1.29 is 4.79 Å². The molecule has 0 aliphatic carbocycles. The molecule has 1 heterocycles. The molecule has 5 nitrogen and oxygen atoms in total. The lowest BCUT2D eigenvalue weighted by atomic mass is 9.99. The van der Waals surface area contributed by atoms with Gasteiger partial charge in [0.05, 0.1) is 6.54 Å². The largest absolute Gasteiger partial charge is 0.356 e. The molecule has 0 radical (unpaired) electrons. The van der Waals surface area contributed by atoms with Crippen molar-refractivity contribution in [2.24, 2.45) is 4.99 Å². The van der Waals surface area contributed by atoms with Crippen molar-refractivity contribution in [2.75, 3.05) is 31.6 Å². The summed E-state index contributed by atoms with van der Waals surface area (Å²) in [4.78, 5) is 18.7. The Morgan fingerprint density at radius 2 is 2.00 bits per heavy atom. The first kappa shape index (κ1) is 19.0. The topological polar surface area (TPSA) is 56.7 Å². The molecule has 1 atom stereocenters. The van der Waals surface area contributed by atoms with Crippen molar-refractivity contribution >= 4 is 17.6 Å². The first-order valence-corrected chi connectivity index (χ1v) is 9.48.